The Bertz CT molecular complexity index is 5650. The fourth-order valence-electron chi connectivity index (χ4n) is 12.3. The second-order valence-corrected chi connectivity index (χ2v) is 30.7. The van der Waals surface area contributed by atoms with E-state index in [0.717, 1.165) is 109 Å². The molecule has 710 valence electrons. The van der Waals surface area contributed by atoms with Gasteiger partial charge in [-0.05, 0) is 230 Å². The fraction of sp³-hybridized carbons (Fsp3) is 0.277. The average Bonchev–Trinajstić information content (AvgIpc) is 1.69. The Morgan fingerprint density at radius 3 is 1.17 bits per heavy atom. The number of rotatable bonds is 42. The highest BCUT2D eigenvalue weighted by molar-refractivity contribution is 6.30. The summed E-state index contributed by atoms with van der Waals surface area (Å²) in [7, 11) is 6.24. The molecule has 0 fully saturated rings. The summed E-state index contributed by atoms with van der Waals surface area (Å²) in [5, 5.41) is 76.9. The standard InChI is InChI=1S/C25H31NO7.C24H25NO6.C23H22ClNO5.C23H26NO5.C6H14N2O2/c1-16(2)5-9-21-19(13-27)7-6-18(8-10-23(29)26-30)24(21)33-15-17-11-20(14-28)25(32-4)22(12-17)31-3;1-16(2)10-12-30-24-22-19(11-13-29-22)14-18(6-9-21(26)25-27)23(24)31-15-17-4-7-20(28-3)8-5-17;1-15(2)9-11-29-23-21-18(10-12-28-21)13-17(5-8-20(26)25-27)22(23)30-14-16-3-6-19(24)7-4-16;1-16(2)4-12-21-19(14-25)8-7-18(9-13-22(26)24-27)23(21)29-15-17-5-10-20(28-3)11-6-17;7-4-2-1-3-5(8)6(9)10/h5-8,10-12,27-28,30H,9,13-15H2,1-4H3,(H,26,29);4-11,13-14,27H,12,15H2,1-3H3,(H,25,26);3-10,12-13,27H,11,14H2,1-2H3,(H,25,26);4-11,13,25H,12,14-15H2,1-3H3,(H-,24,26,27);5H,1-4,7-8H2,(H,9,10)/q;;;-1;/p+1/b10-8+;9-6+;8-5-;13-9+;. The smallest absolute Gasteiger partial charge is 0.320 e. The van der Waals surface area contributed by atoms with E-state index in [4.69, 9.17) is 94.3 Å². The number of nitrogens with two attached hydrogens (primary N) is 1. The van der Waals surface area contributed by atoms with E-state index in [9.17, 15) is 44.5 Å². The molecule has 10 rings (SSSR count). The molecule has 1 atom stereocenters. The van der Waals surface area contributed by atoms with Gasteiger partial charge in [-0.1, -0.05) is 107 Å². The molecule has 31 nitrogen and oxygen atoms in total. The molecule has 0 aliphatic rings. The lowest BCUT2D eigenvalue weighted by atomic mass is 9.98. The van der Waals surface area contributed by atoms with E-state index in [0.29, 0.717) is 135 Å². The molecule has 32 heteroatoms. The van der Waals surface area contributed by atoms with Gasteiger partial charge >= 0.3 is 5.97 Å². The van der Waals surface area contributed by atoms with Gasteiger partial charge in [0.05, 0.1) is 67.3 Å². The topological polar surface area (TPSA) is 470 Å². The molecule has 16 N–H and O–H groups in total. The van der Waals surface area contributed by atoms with Crippen LogP contribution in [0.5, 0.6) is 57.5 Å². The maximum absolute atomic E-state index is 11.5. The van der Waals surface area contributed by atoms with Gasteiger partial charge in [-0.3, -0.25) is 39.6 Å². The van der Waals surface area contributed by atoms with Crippen molar-refractivity contribution in [1.29, 1.82) is 0 Å². The molecule has 0 saturated carbocycles. The summed E-state index contributed by atoms with van der Waals surface area (Å²) in [6.07, 6.45) is 25.5. The normalized spacial score (nSPS) is 11.0. The van der Waals surface area contributed by atoms with E-state index < -0.39 is 35.6 Å². The third kappa shape index (κ3) is 35.7. The van der Waals surface area contributed by atoms with Gasteiger partial charge in [0.15, 0.2) is 34.2 Å². The van der Waals surface area contributed by atoms with Crippen molar-refractivity contribution >= 4 is 87.4 Å². The number of hydrogen-bond donors (Lipinski definition) is 13. The van der Waals surface area contributed by atoms with Crippen molar-refractivity contribution in [2.75, 3.05) is 48.2 Å². The third-order valence-electron chi connectivity index (χ3n) is 19.3. The quantitative estimate of drug-likeness (QED) is 0.00555. The number of benzene rings is 8. The van der Waals surface area contributed by atoms with Gasteiger partial charge in [0.1, 0.15) is 68.7 Å². The molecule has 0 saturated heterocycles. The number of aliphatic hydroxyl groups excluding tert-OH is 3. The van der Waals surface area contributed by atoms with Crippen molar-refractivity contribution in [2.45, 2.75) is 140 Å². The highest BCUT2D eigenvalue weighted by Gasteiger charge is 2.23. The fourth-order valence-corrected chi connectivity index (χ4v) is 12.4. The average molecular weight is 1850 g/mol. The lowest BCUT2D eigenvalue weighted by molar-refractivity contribution is -0.368. The largest absolute Gasteiger partial charge is 0.759 e. The lowest BCUT2D eigenvalue weighted by Gasteiger charge is -2.18. The summed E-state index contributed by atoms with van der Waals surface area (Å²) in [5.74, 6) is 1.60. The van der Waals surface area contributed by atoms with Crippen LogP contribution in [0.3, 0.4) is 0 Å². The number of ether oxygens (including phenoxy) is 10. The van der Waals surface area contributed by atoms with Crippen LogP contribution in [0.25, 0.3) is 46.2 Å². The zero-order chi connectivity index (χ0) is 97.3. The molecule has 0 aliphatic carbocycles. The minimum absolute atomic E-state index is 0.129. The van der Waals surface area contributed by atoms with Crippen molar-refractivity contribution in [3.63, 3.8) is 0 Å². The SMILES string of the molecule is CC(C)=CCOc1c(OCc2ccc(Cl)cc2)c(/C=C\C(=O)NO)cc2ccoc12.COc1cc(COc2c(/C=C/C(=O)NO)ccc(CO)c2CC=C(C)C)cc(CO)c1OC.COc1ccc(COc2c(/C=C/C(=O)NO)cc3ccoc3c2OCC=C(C)C)cc1.COc1ccc(COc2c(/C=C/C(=O)N[O-])ccc(CO)c2CC=C(C)C)cc1.NC(CCCC[NH3+])C(=O)O. The molecule has 1 unspecified atom stereocenters. The molecule has 2 aromatic heterocycles. The Balaban J connectivity index is 0.000000263. The number of methoxy groups -OCH3 is 4. The van der Waals surface area contributed by atoms with Gasteiger partial charge in [0.25, 0.3) is 17.7 Å². The number of carboxylic acid groups (broad SMARTS) is 1. The Morgan fingerprint density at radius 1 is 0.436 bits per heavy atom. The molecule has 10 aromatic rings. The number of carboxylic acids is 1. The van der Waals surface area contributed by atoms with Crippen LogP contribution < -0.4 is 80.8 Å². The van der Waals surface area contributed by atoms with Crippen LogP contribution in [0.4, 0.5) is 0 Å². The summed E-state index contributed by atoms with van der Waals surface area (Å²) < 4.78 is 69.0. The molecule has 0 radical (unpaired) electrons. The lowest BCUT2D eigenvalue weighted by Crippen LogP contribution is -2.50. The number of carbonyl (C=O) groups is 5. The minimum Gasteiger partial charge on any atom is -0.759 e. The zero-order valence-electron chi connectivity index (χ0n) is 76.6. The van der Waals surface area contributed by atoms with E-state index in [1.54, 1.807) is 116 Å². The molecule has 0 spiro atoms. The molecule has 0 aliphatic heterocycles. The number of fused-ring (bicyclic) bond motifs is 2. The monoisotopic (exact) mass is 1850 g/mol. The maximum Gasteiger partial charge on any atom is 0.320 e. The van der Waals surface area contributed by atoms with Crippen molar-refractivity contribution in [2.24, 2.45) is 5.73 Å². The highest BCUT2D eigenvalue weighted by Crippen LogP contribution is 2.44. The van der Waals surface area contributed by atoms with Crippen LogP contribution in [-0.2, 0) is 83.1 Å². The van der Waals surface area contributed by atoms with E-state index >= 15 is 0 Å². The Labute approximate surface area is 777 Å². The second-order valence-electron chi connectivity index (χ2n) is 30.3. The first-order chi connectivity index (χ1) is 64.0. The van der Waals surface area contributed by atoms with Gasteiger partial charge in [0, 0.05) is 79.0 Å². The van der Waals surface area contributed by atoms with E-state index in [1.165, 1.54) is 50.1 Å². The first-order valence-corrected chi connectivity index (χ1v) is 42.4. The van der Waals surface area contributed by atoms with Crippen LogP contribution in [0, 0.1) is 5.21 Å². The number of hydrogen-bond acceptors (Lipinski definition) is 25. The summed E-state index contributed by atoms with van der Waals surface area (Å²) in [6.45, 7) is 17.8. The van der Waals surface area contributed by atoms with Crippen LogP contribution in [0.15, 0.2) is 226 Å². The van der Waals surface area contributed by atoms with Crippen LogP contribution in [0.1, 0.15) is 147 Å². The number of nitrogens with one attached hydrogen (secondary N) is 4. The summed E-state index contributed by atoms with van der Waals surface area (Å²) in [6, 6.07) is 39.5. The van der Waals surface area contributed by atoms with E-state index in [2.05, 4.69) is 5.73 Å². The van der Waals surface area contributed by atoms with Crippen LogP contribution >= 0.6 is 11.6 Å². The van der Waals surface area contributed by atoms with Gasteiger partial charge in [-0.25, -0.2) is 16.4 Å². The summed E-state index contributed by atoms with van der Waals surface area (Å²) in [4.78, 5) is 56.0. The second kappa shape index (κ2) is 58.0. The number of unbranched alkanes of at least 4 members (excludes halogenated alkanes) is 1. The van der Waals surface area contributed by atoms with Gasteiger partial charge in [0.2, 0.25) is 17.4 Å². The van der Waals surface area contributed by atoms with Crippen LogP contribution in [0.2, 0.25) is 5.02 Å². The predicted octanol–water partition coefficient (Wildman–Crippen LogP) is 16.4. The van der Waals surface area contributed by atoms with Crippen LogP contribution in [-0.4, -0.2) is 120 Å². The minimum atomic E-state index is -0.913. The summed E-state index contributed by atoms with van der Waals surface area (Å²) >= 11 is 5.95. The summed E-state index contributed by atoms with van der Waals surface area (Å²) in [5.41, 5.74) is 30.1. The number of aliphatic carboxylic acids is 1. The van der Waals surface area contributed by atoms with Crippen molar-refractivity contribution in [3.05, 3.63) is 299 Å². The first kappa shape index (κ1) is 108. The number of quaternary nitrogens is 1. The number of aliphatic hydroxyl groups is 3. The Morgan fingerprint density at radius 2 is 0.820 bits per heavy atom. The molecule has 8 aromatic carbocycles. The molecule has 0 bridgehead atoms. The number of amides is 4. The number of allylic oxidation sites excluding steroid dienone is 6. The van der Waals surface area contributed by atoms with E-state index in [1.807, 2.05) is 152 Å². The van der Waals surface area contributed by atoms with Crippen molar-refractivity contribution in [1.82, 2.24) is 21.9 Å². The van der Waals surface area contributed by atoms with Crippen molar-refractivity contribution in [3.8, 4) is 57.5 Å². The number of carbonyl (C=O) groups excluding carboxylic acids is 4. The molecular formula is C101H119ClN6O25. The van der Waals surface area contributed by atoms with Gasteiger partial charge in [-0.2, -0.15) is 0 Å². The van der Waals surface area contributed by atoms with Crippen molar-refractivity contribution < 1.29 is 122 Å². The Hall–Kier alpha value is -14.0. The molecule has 133 heavy (non-hydrogen) atoms. The third-order valence-corrected chi connectivity index (χ3v) is 19.6. The maximum atomic E-state index is 11.5. The van der Waals surface area contributed by atoms with E-state index in [-0.39, 0.29) is 39.6 Å². The van der Waals surface area contributed by atoms with Gasteiger partial charge in [-0.15, -0.1) is 0 Å². The number of halogens is 1. The Kier molecular flexibility index (Phi) is 47.0. The molecular weight excluding hydrogens is 1730 g/mol. The highest BCUT2D eigenvalue weighted by atomic mass is 35.5. The number of furan rings is 2. The van der Waals surface area contributed by atoms with Gasteiger partial charge < -0.3 is 98.8 Å². The predicted molar refractivity (Wildman–Crippen MR) is 508 cm³/mol. The molecule has 4 amide bonds. The number of hydroxylamine groups is 4. The zero-order valence-corrected chi connectivity index (χ0v) is 77.4. The molecule has 2 heterocycles. The first-order valence-electron chi connectivity index (χ1n) is 42.0.